The van der Waals surface area contributed by atoms with Gasteiger partial charge in [0.1, 0.15) is 0 Å². The van der Waals surface area contributed by atoms with Crippen LogP contribution in [-0.4, -0.2) is 22.3 Å². The highest BCUT2D eigenvalue weighted by molar-refractivity contribution is 7.99. The van der Waals surface area contributed by atoms with Crippen molar-refractivity contribution in [2.75, 3.05) is 11.1 Å². The maximum atomic E-state index is 12.3. The van der Waals surface area contributed by atoms with Crippen molar-refractivity contribution in [2.45, 2.75) is 31.1 Å². The minimum Gasteiger partial charge on any atom is -0.378 e. The number of allylic oxidation sites excluding steroid dienone is 2. The van der Waals surface area contributed by atoms with E-state index in [2.05, 4.69) is 70.5 Å². The van der Waals surface area contributed by atoms with Crippen LogP contribution in [0.15, 0.2) is 90.0 Å². The van der Waals surface area contributed by atoms with E-state index in [4.69, 9.17) is 0 Å². The van der Waals surface area contributed by atoms with Crippen LogP contribution in [0.3, 0.4) is 0 Å². The molecule has 8 heteroatoms. The summed E-state index contributed by atoms with van der Waals surface area (Å²) in [6.07, 6.45) is 5.65. The number of hydrogen-bond donors (Lipinski definition) is 2. The normalized spacial score (nSPS) is 20.0. The zero-order chi connectivity index (χ0) is 25.8. The summed E-state index contributed by atoms with van der Waals surface area (Å²) in [6.45, 7) is 1.90. The zero-order valence-electron chi connectivity index (χ0n) is 20.5. The van der Waals surface area contributed by atoms with Crippen LogP contribution in [0.1, 0.15) is 47.6 Å². The fraction of sp³-hybridized carbons (Fsp3) is 0.241. The molecule has 2 aliphatic rings. The minimum atomic E-state index is -0.423. The summed E-state index contributed by atoms with van der Waals surface area (Å²) < 4.78 is 0. The highest BCUT2D eigenvalue weighted by Gasteiger charge is 2.37. The molecular weight excluding hydrogens is 484 g/mol. The van der Waals surface area contributed by atoms with Crippen molar-refractivity contribution in [3.8, 4) is 0 Å². The number of non-ortho nitro benzene ring substituents is 1. The van der Waals surface area contributed by atoms with Gasteiger partial charge in [0.2, 0.25) is 5.91 Å². The summed E-state index contributed by atoms with van der Waals surface area (Å²) in [5.41, 5.74) is 9.10. The topological polar surface area (TPSA) is 96.6 Å². The lowest BCUT2D eigenvalue weighted by Crippen LogP contribution is -2.29. The van der Waals surface area contributed by atoms with Gasteiger partial charge in [0, 0.05) is 29.5 Å². The second-order valence-corrected chi connectivity index (χ2v) is 10.3. The van der Waals surface area contributed by atoms with E-state index in [1.807, 2.05) is 13.0 Å². The monoisotopic (exact) mass is 512 g/mol. The first kappa shape index (κ1) is 24.8. The highest BCUT2D eigenvalue weighted by atomic mass is 32.2. The SMILES string of the molecule is C/C(=N/NC(=O)CSCc1ccc([N+](=O)[O-])cc1)c1ccc2c(c1)[C@@H]1C=CC[C@@H]1[C@H](c1ccccc1)N2. The van der Waals surface area contributed by atoms with Crippen LogP contribution in [0.25, 0.3) is 0 Å². The molecule has 37 heavy (non-hydrogen) atoms. The number of nitrogens with one attached hydrogen (secondary N) is 2. The van der Waals surface area contributed by atoms with E-state index in [-0.39, 0.29) is 23.4 Å². The fourth-order valence-electron chi connectivity index (χ4n) is 5.03. The second-order valence-electron chi connectivity index (χ2n) is 9.34. The molecule has 1 aliphatic carbocycles. The standard InChI is InChI=1S/C29H28N4O3S/c1-19(31-32-28(34)18-37-17-20-10-13-23(14-11-20)33(35)36)22-12-15-27-26(16-22)24-8-5-9-25(24)29(30-27)21-6-3-2-4-7-21/h2-8,10-16,24-25,29-30H,9,17-18H2,1H3,(H,32,34)/b31-19-/t24-,25+,29+/m1/s1. The van der Waals surface area contributed by atoms with Crippen LogP contribution >= 0.6 is 11.8 Å². The molecule has 0 saturated carbocycles. The Balaban J connectivity index is 1.20. The molecule has 0 spiro atoms. The van der Waals surface area contributed by atoms with Crippen molar-refractivity contribution in [2.24, 2.45) is 11.0 Å². The molecule has 0 saturated heterocycles. The minimum absolute atomic E-state index is 0.0600. The smallest absolute Gasteiger partial charge is 0.269 e. The van der Waals surface area contributed by atoms with E-state index in [0.29, 0.717) is 17.6 Å². The predicted octanol–water partition coefficient (Wildman–Crippen LogP) is 6.19. The first-order valence-electron chi connectivity index (χ1n) is 12.3. The number of amides is 1. The van der Waals surface area contributed by atoms with E-state index >= 15 is 0 Å². The van der Waals surface area contributed by atoms with Crippen molar-refractivity contribution >= 4 is 34.8 Å². The van der Waals surface area contributed by atoms with Gasteiger partial charge in [-0.1, -0.05) is 60.7 Å². The summed E-state index contributed by atoms with van der Waals surface area (Å²) >= 11 is 1.44. The van der Waals surface area contributed by atoms with E-state index in [1.54, 1.807) is 12.1 Å². The Hall–Kier alpha value is -3.91. The number of nitro benzene ring substituents is 1. The van der Waals surface area contributed by atoms with Gasteiger partial charge in [-0.25, -0.2) is 5.43 Å². The van der Waals surface area contributed by atoms with Crippen molar-refractivity contribution < 1.29 is 9.72 Å². The molecule has 1 amide bonds. The van der Waals surface area contributed by atoms with E-state index < -0.39 is 4.92 Å². The van der Waals surface area contributed by atoms with Gasteiger partial charge in [-0.05, 0) is 53.6 Å². The molecule has 3 aromatic rings. The summed E-state index contributed by atoms with van der Waals surface area (Å²) in [5.74, 6) is 1.47. The van der Waals surface area contributed by atoms with E-state index in [1.165, 1.54) is 35.0 Å². The van der Waals surface area contributed by atoms with Crippen molar-refractivity contribution in [1.29, 1.82) is 0 Å². The quantitative estimate of drug-likeness (QED) is 0.162. The molecule has 1 aliphatic heterocycles. The Kier molecular flexibility index (Phi) is 7.37. The van der Waals surface area contributed by atoms with E-state index in [9.17, 15) is 14.9 Å². The number of thioether (sulfide) groups is 1. The molecule has 2 N–H and O–H groups in total. The average molecular weight is 513 g/mol. The summed E-state index contributed by atoms with van der Waals surface area (Å²) in [7, 11) is 0. The molecule has 0 fully saturated rings. The highest BCUT2D eigenvalue weighted by Crippen LogP contribution is 2.49. The van der Waals surface area contributed by atoms with Gasteiger partial charge < -0.3 is 5.32 Å². The lowest BCUT2D eigenvalue weighted by Gasteiger charge is -2.37. The fourth-order valence-corrected chi connectivity index (χ4v) is 5.81. The molecule has 3 atom stereocenters. The number of carbonyl (C=O) groups is 1. The number of benzene rings is 3. The number of hydrogen-bond acceptors (Lipinski definition) is 6. The number of carbonyl (C=O) groups excluding carboxylic acids is 1. The van der Waals surface area contributed by atoms with Gasteiger partial charge in [-0.3, -0.25) is 14.9 Å². The number of nitrogens with zero attached hydrogens (tertiary/aromatic N) is 2. The molecular formula is C29H28N4O3S. The van der Waals surface area contributed by atoms with Gasteiger partial charge in [0.25, 0.3) is 5.69 Å². The molecule has 0 radical (unpaired) electrons. The Labute approximate surface area is 220 Å². The summed E-state index contributed by atoms with van der Waals surface area (Å²) in [5, 5.41) is 18.9. The van der Waals surface area contributed by atoms with Crippen LogP contribution in [-0.2, 0) is 10.5 Å². The Morgan fingerprint density at radius 2 is 1.92 bits per heavy atom. The lowest BCUT2D eigenvalue weighted by atomic mass is 9.76. The first-order chi connectivity index (χ1) is 18.0. The first-order valence-corrected chi connectivity index (χ1v) is 13.4. The molecule has 188 valence electrons. The molecule has 0 bridgehead atoms. The Bertz CT molecular complexity index is 1360. The summed E-state index contributed by atoms with van der Waals surface area (Å²) in [4.78, 5) is 22.7. The molecule has 7 nitrogen and oxygen atoms in total. The zero-order valence-corrected chi connectivity index (χ0v) is 21.3. The van der Waals surface area contributed by atoms with E-state index in [0.717, 1.165) is 28.9 Å². The van der Waals surface area contributed by atoms with Crippen LogP contribution in [0.2, 0.25) is 0 Å². The van der Waals surface area contributed by atoms with Crippen LogP contribution in [0, 0.1) is 16.0 Å². The largest absolute Gasteiger partial charge is 0.378 e. The molecule has 0 aromatic heterocycles. The Morgan fingerprint density at radius 3 is 2.68 bits per heavy atom. The molecule has 5 rings (SSSR count). The van der Waals surface area contributed by atoms with Crippen molar-refractivity contribution in [3.05, 3.63) is 117 Å². The third kappa shape index (κ3) is 5.59. The maximum Gasteiger partial charge on any atom is 0.269 e. The molecule has 0 unspecified atom stereocenters. The number of fused-ring (bicyclic) bond motifs is 3. The third-order valence-electron chi connectivity index (χ3n) is 6.94. The molecule has 1 heterocycles. The maximum absolute atomic E-state index is 12.3. The number of nitro groups is 1. The number of anilines is 1. The average Bonchev–Trinajstić information content (AvgIpc) is 3.42. The van der Waals surface area contributed by atoms with Gasteiger partial charge in [-0.2, -0.15) is 5.10 Å². The summed E-state index contributed by atoms with van der Waals surface area (Å²) in [6, 6.07) is 23.6. The van der Waals surface area contributed by atoms with Gasteiger partial charge in [0.05, 0.1) is 22.4 Å². The number of rotatable bonds is 8. The number of hydrazone groups is 1. The van der Waals surface area contributed by atoms with Crippen molar-refractivity contribution in [3.63, 3.8) is 0 Å². The molecule has 3 aromatic carbocycles. The third-order valence-corrected chi connectivity index (χ3v) is 7.94. The van der Waals surface area contributed by atoms with Gasteiger partial charge in [0.15, 0.2) is 0 Å². The predicted molar refractivity (Wildman–Crippen MR) is 149 cm³/mol. The van der Waals surface area contributed by atoms with Crippen LogP contribution in [0.5, 0.6) is 0 Å². The van der Waals surface area contributed by atoms with Crippen LogP contribution < -0.4 is 10.7 Å². The van der Waals surface area contributed by atoms with Crippen molar-refractivity contribution in [1.82, 2.24) is 5.43 Å². The van der Waals surface area contributed by atoms with Gasteiger partial charge in [-0.15, -0.1) is 11.8 Å². The lowest BCUT2D eigenvalue weighted by molar-refractivity contribution is -0.384. The second kappa shape index (κ2) is 11.0. The van der Waals surface area contributed by atoms with Gasteiger partial charge >= 0.3 is 0 Å². The Morgan fingerprint density at radius 1 is 1.14 bits per heavy atom. The van der Waals surface area contributed by atoms with Crippen LogP contribution in [0.4, 0.5) is 11.4 Å².